The van der Waals surface area contributed by atoms with E-state index in [-0.39, 0.29) is 12.5 Å². The first-order valence-corrected chi connectivity index (χ1v) is 36.3. The number of carbonyl (C=O) groups is 1. The molecule has 0 fully saturated rings. The van der Waals surface area contributed by atoms with Gasteiger partial charge in [0.15, 0.2) is 0 Å². The highest BCUT2D eigenvalue weighted by Gasteiger charge is 2.23. The van der Waals surface area contributed by atoms with Gasteiger partial charge in [0.25, 0.3) is 7.82 Å². The van der Waals surface area contributed by atoms with E-state index in [4.69, 9.17) is 9.05 Å². The number of hydrogen-bond donors (Lipinski definition) is 2. The number of aliphatic hydroxyl groups is 1. The number of unbranched alkanes of at least 4 members (excludes halogenated alkanes) is 41. The van der Waals surface area contributed by atoms with Gasteiger partial charge in [0.05, 0.1) is 39.9 Å². The maximum Gasteiger partial charge on any atom is 0.268 e. The second-order valence-electron chi connectivity index (χ2n) is 24.8. The van der Waals surface area contributed by atoms with E-state index in [9.17, 15) is 19.4 Å². The Hall–Kier alpha value is -2.06. The van der Waals surface area contributed by atoms with Crippen LogP contribution in [-0.4, -0.2) is 68.5 Å². The molecule has 0 aromatic carbocycles. The lowest BCUT2D eigenvalue weighted by Crippen LogP contribution is -2.45. The van der Waals surface area contributed by atoms with Crippen LogP contribution in [0.3, 0.4) is 0 Å². The van der Waals surface area contributed by atoms with Crippen molar-refractivity contribution in [2.75, 3.05) is 40.9 Å². The van der Waals surface area contributed by atoms with Gasteiger partial charge in [-0.15, -0.1) is 0 Å². The minimum absolute atomic E-state index is 0.00600. The predicted octanol–water partition coefficient (Wildman–Crippen LogP) is 21.5. The van der Waals surface area contributed by atoms with Crippen LogP contribution in [0.4, 0.5) is 0 Å². The number of likely N-dealkylation sites (N-methyl/N-ethyl adjacent to an activating group) is 1. The Kier molecular flexibility index (Phi) is 60.9. The van der Waals surface area contributed by atoms with Gasteiger partial charge in [-0.05, 0) is 70.6 Å². The van der Waals surface area contributed by atoms with Crippen molar-refractivity contribution < 1.29 is 32.9 Å². The topological polar surface area (TPSA) is 108 Å². The lowest BCUT2D eigenvalue weighted by atomic mass is 10.0. The van der Waals surface area contributed by atoms with E-state index in [0.29, 0.717) is 17.4 Å². The smallest absolute Gasteiger partial charge is 0.268 e. The first-order valence-electron chi connectivity index (χ1n) is 34.8. The zero-order valence-corrected chi connectivity index (χ0v) is 55.1. The highest BCUT2D eigenvalue weighted by Crippen LogP contribution is 2.38. The monoisotopic (exact) mass is 1160 g/mol. The van der Waals surface area contributed by atoms with Crippen LogP contribution in [0.1, 0.15) is 328 Å². The minimum Gasteiger partial charge on any atom is -0.756 e. The van der Waals surface area contributed by atoms with Gasteiger partial charge in [-0.1, -0.05) is 324 Å². The Bertz CT molecular complexity index is 1550. The Morgan fingerprint density at radius 2 is 0.765 bits per heavy atom. The Labute approximate surface area is 504 Å². The number of carbonyl (C=O) groups excluding carboxylic acids is 1. The molecule has 0 saturated heterocycles. The Morgan fingerprint density at radius 1 is 0.444 bits per heavy atom. The summed E-state index contributed by atoms with van der Waals surface area (Å²) in [6, 6.07) is -0.905. The second kappa shape index (κ2) is 62.5. The van der Waals surface area contributed by atoms with Crippen molar-refractivity contribution in [1.82, 2.24) is 5.32 Å². The summed E-state index contributed by atoms with van der Waals surface area (Å²) in [6.07, 6.45) is 87.5. The molecule has 9 heteroatoms. The van der Waals surface area contributed by atoms with Crippen LogP contribution >= 0.6 is 7.82 Å². The second-order valence-corrected chi connectivity index (χ2v) is 26.3. The van der Waals surface area contributed by atoms with Crippen LogP contribution in [0.15, 0.2) is 72.9 Å². The molecule has 0 heterocycles. The molecule has 3 unspecified atom stereocenters. The van der Waals surface area contributed by atoms with Crippen LogP contribution < -0.4 is 10.2 Å². The molecule has 0 aromatic rings. The summed E-state index contributed by atoms with van der Waals surface area (Å²) in [4.78, 5) is 25.6. The third-order valence-electron chi connectivity index (χ3n) is 15.7. The zero-order valence-electron chi connectivity index (χ0n) is 54.2. The maximum atomic E-state index is 13.0. The molecule has 0 aromatic heterocycles. The SMILES string of the molecule is CC/C=C\C/C=C\C/C=C\C/C=C\CCCCCCCCCCCCCCCCCCCCCCCCCCC(=O)NC(COP(=O)([O-])OCC[N+](C)(C)C)C(O)/C=C/CC/C=C/CCCCCCCCCCCCCCCCCC. The largest absolute Gasteiger partial charge is 0.756 e. The lowest BCUT2D eigenvalue weighted by molar-refractivity contribution is -0.870. The van der Waals surface area contributed by atoms with Gasteiger partial charge in [-0.3, -0.25) is 9.36 Å². The van der Waals surface area contributed by atoms with Crippen molar-refractivity contribution in [3.8, 4) is 0 Å². The third-order valence-corrected chi connectivity index (χ3v) is 16.6. The Morgan fingerprint density at radius 3 is 1.15 bits per heavy atom. The van der Waals surface area contributed by atoms with Crippen LogP contribution in [-0.2, 0) is 18.4 Å². The lowest BCUT2D eigenvalue weighted by Gasteiger charge is -2.29. The van der Waals surface area contributed by atoms with Gasteiger partial charge in [-0.2, -0.15) is 0 Å². The van der Waals surface area contributed by atoms with Gasteiger partial charge < -0.3 is 28.8 Å². The summed E-state index contributed by atoms with van der Waals surface area (Å²) < 4.78 is 23.4. The molecule has 0 aliphatic carbocycles. The van der Waals surface area contributed by atoms with Crippen LogP contribution in [0.25, 0.3) is 0 Å². The van der Waals surface area contributed by atoms with Crippen LogP contribution in [0.5, 0.6) is 0 Å². The number of rotatable bonds is 64. The van der Waals surface area contributed by atoms with E-state index in [1.54, 1.807) is 6.08 Å². The quantitative estimate of drug-likeness (QED) is 0.0272. The van der Waals surface area contributed by atoms with Crippen LogP contribution in [0, 0.1) is 0 Å². The summed E-state index contributed by atoms with van der Waals surface area (Å²) >= 11 is 0. The van der Waals surface area contributed by atoms with E-state index in [0.717, 1.165) is 64.2 Å². The third kappa shape index (κ3) is 65.3. The number of amides is 1. The molecule has 0 aliphatic rings. The van der Waals surface area contributed by atoms with E-state index in [1.807, 2.05) is 27.2 Å². The molecule has 0 spiro atoms. The average Bonchev–Trinajstić information content (AvgIpc) is 3.43. The van der Waals surface area contributed by atoms with Crippen molar-refractivity contribution in [3.63, 3.8) is 0 Å². The summed E-state index contributed by atoms with van der Waals surface area (Å²) in [5, 5.41) is 13.9. The summed E-state index contributed by atoms with van der Waals surface area (Å²) in [6.45, 7) is 4.56. The molecular formula is C72H135N2O6P. The standard InChI is InChI=1S/C72H135N2O6P/c1-6-8-10-12-14-16-18-20-22-24-26-28-30-31-32-33-34-35-36-37-38-39-40-41-42-43-44-46-48-50-52-54-56-58-60-62-64-66-72(76)73-70(69-80-81(77,78)79-68-67-74(3,4)5)71(75)65-63-61-59-57-55-53-51-49-47-45-29-27-25-23-21-19-17-15-13-11-9-7-2/h8,10,14,16,20,22,26,28,55,57,63,65,70-71,75H,6-7,9,11-13,15,17-19,21,23-25,27,29-54,56,58-62,64,66-69H2,1-5H3,(H-,73,76,77,78)/b10-8-,16-14-,22-20-,28-26-,57-55+,65-63+. The fourth-order valence-electron chi connectivity index (χ4n) is 10.3. The zero-order chi connectivity index (χ0) is 59.1. The number of nitrogens with zero attached hydrogens (tertiary/aromatic N) is 1. The number of phosphoric ester groups is 1. The molecule has 8 nitrogen and oxygen atoms in total. The molecular weight excluding hydrogens is 1020 g/mol. The number of aliphatic hydroxyl groups excluding tert-OH is 1. The van der Waals surface area contributed by atoms with Gasteiger partial charge in [-0.25, -0.2) is 0 Å². The summed E-state index contributed by atoms with van der Waals surface area (Å²) in [5.74, 6) is -0.202. The molecule has 0 saturated carbocycles. The fraction of sp³-hybridized carbons (Fsp3) is 0.819. The number of hydrogen-bond acceptors (Lipinski definition) is 6. The van der Waals surface area contributed by atoms with E-state index >= 15 is 0 Å². The van der Waals surface area contributed by atoms with Crippen molar-refractivity contribution in [3.05, 3.63) is 72.9 Å². The predicted molar refractivity (Wildman–Crippen MR) is 353 cm³/mol. The van der Waals surface area contributed by atoms with E-state index in [2.05, 4.69) is 79.9 Å². The molecule has 81 heavy (non-hydrogen) atoms. The van der Waals surface area contributed by atoms with Crippen molar-refractivity contribution in [2.24, 2.45) is 0 Å². The van der Waals surface area contributed by atoms with Crippen LogP contribution in [0.2, 0.25) is 0 Å². The summed E-state index contributed by atoms with van der Waals surface area (Å²) in [5.41, 5.74) is 0. The normalized spacial score (nSPS) is 14.1. The molecule has 474 valence electrons. The molecule has 0 radical (unpaired) electrons. The summed E-state index contributed by atoms with van der Waals surface area (Å²) in [7, 11) is 1.25. The number of allylic oxidation sites excluding steroid dienone is 11. The molecule has 0 bridgehead atoms. The molecule has 0 aliphatic heterocycles. The van der Waals surface area contributed by atoms with Gasteiger partial charge in [0, 0.05) is 6.42 Å². The minimum atomic E-state index is -4.61. The number of nitrogens with one attached hydrogen (secondary N) is 1. The van der Waals surface area contributed by atoms with Crippen molar-refractivity contribution in [2.45, 2.75) is 341 Å². The van der Waals surface area contributed by atoms with E-state index in [1.165, 1.54) is 244 Å². The highest BCUT2D eigenvalue weighted by atomic mass is 31.2. The van der Waals surface area contributed by atoms with Gasteiger partial charge >= 0.3 is 0 Å². The maximum absolute atomic E-state index is 13.0. The molecule has 2 N–H and O–H groups in total. The van der Waals surface area contributed by atoms with Gasteiger partial charge in [0.1, 0.15) is 13.2 Å². The Balaban J connectivity index is 4.01. The average molecular weight is 1160 g/mol. The molecule has 0 rings (SSSR count). The van der Waals surface area contributed by atoms with Gasteiger partial charge in [0.2, 0.25) is 5.91 Å². The van der Waals surface area contributed by atoms with E-state index < -0.39 is 26.6 Å². The fourth-order valence-corrected chi connectivity index (χ4v) is 11.0. The molecule has 1 amide bonds. The number of phosphoric acid groups is 1. The van der Waals surface area contributed by atoms with Crippen molar-refractivity contribution >= 4 is 13.7 Å². The number of quaternary nitrogens is 1. The molecule has 3 atom stereocenters. The first kappa shape index (κ1) is 78.9. The highest BCUT2D eigenvalue weighted by molar-refractivity contribution is 7.45. The first-order chi connectivity index (χ1) is 39.5. The van der Waals surface area contributed by atoms with Crippen molar-refractivity contribution in [1.29, 1.82) is 0 Å².